The van der Waals surface area contributed by atoms with Gasteiger partial charge >= 0.3 is 0 Å². The first-order valence-electron chi connectivity index (χ1n) is 7.66. The zero-order valence-corrected chi connectivity index (χ0v) is 12.3. The summed E-state index contributed by atoms with van der Waals surface area (Å²) in [5.41, 5.74) is 5.23. The fourth-order valence-electron chi connectivity index (χ4n) is 2.69. The quantitative estimate of drug-likeness (QED) is 0.432. The van der Waals surface area contributed by atoms with Crippen LogP contribution in [-0.2, 0) is 0 Å². The van der Waals surface area contributed by atoms with E-state index in [4.69, 9.17) is 5.84 Å². The van der Waals surface area contributed by atoms with E-state index in [1.54, 1.807) is 0 Å². The van der Waals surface area contributed by atoms with Gasteiger partial charge in [-0.05, 0) is 18.1 Å². The average molecular weight is 271 g/mol. The summed E-state index contributed by atoms with van der Waals surface area (Å²) in [7, 11) is 0. The highest BCUT2D eigenvalue weighted by Gasteiger charge is 2.13. The topological polar surface area (TPSA) is 50.9 Å². The highest BCUT2D eigenvalue weighted by Crippen LogP contribution is 2.25. The second kappa shape index (κ2) is 7.98. The molecular formula is C17H25N3. The van der Waals surface area contributed by atoms with E-state index in [2.05, 4.69) is 41.6 Å². The van der Waals surface area contributed by atoms with Crippen molar-refractivity contribution in [3.05, 3.63) is 42.1 Å². The van der Waals surface area contributed by atoms with E-state index in [9.17, 15) is 0 Å². The Bertz CT molecular complexity index is 519. The van der Waals surface area contributed by atoms with Gasteiger partial charge < -0.3 is 0 Å². The number of unbranched alkanes of at least 4 members (excludes halogenated alkanes) is 4. The Kier molecular flexibility index (Phi) is 5.96. The molecule has 1 unspecified atom stereocenters. The van der Waals surface area contributed by atoms with E-state index in [1.807, 2.05) is 12.3 Å². The van der Waals surface area contributed by atoms with E-state index < -0.39 is 0 Å². The van der Waals surface area contributed by atoms with Crippen molar-refractivity contribution in [3.63, 3.8) is 0 Å². The minimum absolute atomic E-state index is 0.190. The normalized spacial score (nSPS) is 12.7. The summed E-state index contributed by atoms with van der Waals surface area (Å²) in [6.07, 6.45) is 9.34. The summed E-state index contributed by atoms with van der Waals surface area (Å²) >= 11 is 0. The van der Waals surface area contributed by atoms with Gasteiger partial charge in [0.05, 0.1) is 5.52 Å². The SMILES string of the molecule is CCCCCCCC(NN)c1cccc2cccnc12. The van der Waals surface area contributed by atoms with Crippen molar-refractivity contribution in [2.24, 2.45) is 5.84 Å². The summed E-state index contributed by atoms with van der Waals surface area (Å²) in [5, 5.41) is 1.18. The lowest BCUT2D eigenvalue weighted by molar-refractivity contribution is 0.481. The Morgan fingerprint density at radius 1 is 1.10 bits per heavy atom. The van der Waals surface area contributed by atoms with Crippen LogP contribution >= 0.6 is 0 Å². The van der Waals surface area contributed by atoms with Gasteiger partial charge in [0.25, 0.3) is 0 Å². The molecule has 1 heterocycles. The molecule has 2 aromatic rings. The van der Waals surface area contributed by atoms with Crippen LogP contribution in [0.5, 0.6) is 0 Å². The van der Waals surface area contributed by atoms with Gasteiger partial charge in [-0.2, -0.15) is 0 Å². The Morgan fingerprint density at radius 2 is 1.90 bits per heavy atom. The van der Waals surface area contributed by atoms with Crippen molar-refractivity contribution < 1.29 is 0 Å². The van der Waals surface area contributed by atoms with Crippen LogP contribution in [0.3, 0.4) is 0 Å². The van der Waals surface area contributed by atoms with Crippen LogP contribution < -0.4 is 11.3 Å². The monoisotopic (exact) mass is 271 g/mol. The fourth-order valence-corrected chi connectivity index (χ4v) is 2.69. The smallest absolute Gasteiger partial charge is 0.0750 e. The number of para-hydroxylation sites is 1. The third-order valence-corrected chi connectivity index (χ3v) is 3.84. The molecule has 2 rings (SSSR count). The molecule has 0 bridgehead atoms. The molecule has 3 nitrogen and oxygen atoms in total. The molecule has 3 heteroatoms. The van der Waals surface area contributed by atoms with Crippen molar-refractivity contribution in [2.75, 3.05) is 0 Å². The van der Waals surface area contributed by atoms with Crippen molar-refractivity contribution in [2.45, 2.75) is 51.5 Å². The molecule has 0 fully saturated rings. The zero-order valence-electron chi connectivity index (χ0n) is 12.3. The molecule has 108 valence electrons. The summed E-state index contributed by atoms with van der Waals surface area (Å²) < 4.78 is 0. The minimum atomic E-state index is 0.190. The second-order valence-corrected chi connectivity index (χ2v) is 5.34. The van der Waals surface area contributed by atoms with E-state index in [-0.39, 0.29) is 6.04 Å². The molecule has 3 N–H and O–H groups in total. The molecular weight excluding hydrogens is 246 g/mol. The maximum Gasteiger partial charge on any atom is 0.0750 e. The number of rotatable bonds is 8. The number of hydrogen-bond acceptors (Lipinski definition) is 3. The van der Waals surface area contributed by atoms with Gasteiger partial charge in [-0.15, -0.1) is 0 Å². The summed E-state index contributed by atoms with van der Waals surface area (Å²) in [6, 6.07) is 10.6. The van der Waals surface area contributed by atoms with E-state index in [1.165, 1.54) is 43.1 Å². The molecule has 0 radical (unpaired) electrons. The number of fused-ring (bicyclic) bond motifs is 1. The first-order valence-corrected chi connectivity index (χ1v) is 7.66. The van der Waals surface area contributed by atoms with Crippen LogP contribution in [0.2, 0.25) is 0 Å². The maximum absolute atomic E-state index is 5.76. The maximum atomic E-state index is 5.76. The molecule has 0 saturated heterocycles. The number of hydrogen-bond donors (Lipinski definition) is 2. The lowest BCUT2D eigenvalue weighted by atomic mass is 9.98. The van der Waals surface area contributed by atoms with Gasteiger partial charge in [0, 0.05) is 17.6 Å². The van der Waals surface area contributed by atoms with Crippen molar-refractivity contribution in [1.29, 1.82) is 0 Å². The molecule has 0 aliphatic heterocycles. The van der Waals surface area contributed by atoms with Gasteiger partial charge in [0.2, 0.25) is 0 Å². The number of aromatic nitrogens is 1. The second-order valence-electron chi connectivity index (χ2n) is 5.34. The van der Waals surface area contributed by atoms with Crippen LogP contribution in [0.4, 0.5) is 0 Å². The van der Waals surface area contributed by atoms with Crippen molar-refractivity contribution in [1.82, 2.24) is 10.4 Å². The van der Waals surface area contributed by atoms with Crippen molar-refractivity contribution in [3.8, 4) is 0 Å². The predicted molar refractivity (Wildman–Crippen MR) is 85.2 cm³/mol. The van der Waals surface area contributed by atoms with Crippen LogP contribution in [0.15, 0.2) is 36.5 Å². The summed E-state index contributed by atoms with van der Waals surface area (Å²) in [6.45, 7) is 2.24. The number of nitrogens with two attached hydrogens (primary N) is 1. The first kappa shape index (κ1) is 14.9. The summed E-state index contributed by atoms with van der Waals surface area (Å²) in [5.74, 6) is 5.76. The Labute approximate surface area is 121 Å². The van der Waals surface area contributed by atoms with Gasteiger partial charge in [0.1, 0.15) is 0 Å². The first-order chi connectivity index (χ1) is 9.86. The van der Waals surface area contributed by atoms with E-state index >= 15 is 0 Å². The highest BCUT2D eigenvalue weighted by atomic mass is 15.2. The number of nitrogens with zero attached hydrogens (tertiary/aromatic N) is 1. The minimum Gasteiger partial charge on any atom is -0.271 e. The Hall–Kier alpha value is -1.45. The molecule has 0 saturated carbocycles. The molecule has 0 spiro atoms. The third kappa shape index (κ3) is 3.78. The Balaban J connectivity index is 2.05. The summed E-state index contributed by atoms with van der Waals surface area (Å²) in [4.78, 5) is 4.51. The Morgan fingerprint density at radius 3 is 2.70 bits per heavy atom. The molecule has 0 aliphatic carbocycles. The van der Waals surface area contributed by atoms with Gasteiger partial charge in [-0.25, -0.2) is 0 Å². The van der Waals surface area contributed by atoms with E-state index in [0.29, 0.717) is 0 Å². The average Bonchev–Trinajstić information content (AvgIpc) is 2.51. The van der Waals surface area contributed by atoms with Crippen LogP contribution in [0, 0.1) is 0 Å². The predicted octanol–water partition coefficient (Wildman–Crippen LogP) is 4.10. The molecule has 1 aromatic heterocycles. The molecule has 0 aliphatic rings. The van der Waals surface area contributed by atoms with Crippen LogP contribution in [0.1, 0.15) is 57.1 Å². The van der Waals surface area contributed by atoms with Crippen molar-refractivity contribution >= 4 is 10.9 Å². The van der Waals surface area contributed by atoms with Gasteiger partial charge in [-0.3, -0.25) is 16.3 Å². The lowest BCUT2D eigenvalue weighted by Gasteiger charge is -2.17. The standard InChI is InChI=1S/C17H25N3/c1-2-3-4-5-6-12-16(20-18)15-11-7-9-14-10-8-13-19-17(14)15/h7-11,13,16,20H,2-6,12,18H2,1H3. The van der Waals surface area contributed by atoms with Gasteiger partial charge in [-0.1, -0.05) is 63.3 Å². The highest BCUT2D eigenvalue weighted by molar-refractivity contribution is 5.81. The molecule has 1 atom stereocenters. The van der Waals surface area contributed by atoms with E-state index in [0.717, 1.165) is 11.9 Å². The zero-order chi connectivity index (χ0) is 14.2. The van der Waals surface area contributed by atoms with Crippen LogP contribution in [-0.4, -0.2) is 4.98 Å². The van der Waals surface area contributed by atoms with Crippen LogP contribution in [0.25, 0.3) is 10.9 Å². The third-order valence-electron chi connectivity index (χ3n) is 3.84. The number of benzene rings is 1. The largest absolute Gasteiger partial charge is 0.271 e. The molecule has 0 amide bonds. The fraction of sp³-hybridized carbons (Fsp3) is 0.471. The molecule has 1 aromatic carbocycles. The molecule has 20 heavy (non-hydrogen) atoms. The van der Waals surface area contributed by atoms with Gasteiger partial charge in [0.15, 0.2) is 0 Å². The number of hydrazine groups is 1. The lowest BCUT2D eigenvalue weighted by Crippen LogP contribution is -2.28. The number of nitrogens with one attached hydrogen (secondary N) is 1. The number of pyridine rings is 1.